The van der Waals surface area contributed by atoms with Crippen molar-refractivity contribution in [3.05, 3.63) is 70.2 Å². The summed E-state index contributed by atoms with van der Waals surface area (Å²) in [5, 5.41) is 4.75. The van der Waals surface area contributed by atoms with Crippen LogP contribution in [0, 0.1) is 0 Å². The molecule has 3 nitrogen and oxygen atoms in total. The van der Waals surface area contributed by atoms with Gasteiger partial charge in [-0.05, 0) is 55.0 Å². The fraction of sp³-hybridized carbons (Fsp3) is 0.333. The molecule has 1 fully saturated rings. The molecule has 3 rings (SSSR count). The molecule has 0 aliphatic heterocycles. The highest BCUT2D eigenvalue weighted by Gasteiger charge is 2.15. The fourth-order valence-corrected chi connectivity index (χ4v) is 3.52. The Hall–Kier alpha value is -2.13. The minimum absolute atomic E-state index is 0.263. The van der Waals surface area contributed by atoms with Gasteiger partial charge in [0, 0.05) is 10.6 Å². The largest absolute Gasteiger partial charge is 0.271 e. The van der Waals surface area contributed by atoms with E-state index in [4.69, 9.17) is 11.6 Å². The summed E-state index contributed by atoms with van der Waals surface area (Å²) in [5.41, 5.74) is 6.31. The van der Waals surface area contributed by atoms with Crippen LogP contribution in [-0.2, 0) is 0 Å². The van der Waals surface area contributed by atoms with E-state index in [0.29, 0.717) is 16.5 Å². The standard InChI is InChI=1S/C21H23ClN2O/c1-15(23-24-21(25)19-8-5-9-20(22)14-19)16-10-12-18(13-11-16)17-6-3-2-4-7-17/h5,8-14,17H,2-4,6-7H2,1H3,(H,24,25). The van der Waals surface area contributed by atoms with Gasteiger partial charge >= 0.3 is 0 Å². The molecule has 1 amide bonds. The van der Waals surface area contributed by atoms with Crippen molar-refractivity contribution in [1.29, 1.82) is 0 Å². The smallest absolute Gasteiger partial charge is 0.267 e. The van der Waals surface area contributed by atoms with E-state index in [-0.39, 0.29) is 5.91 Å². The monoisotopic (exact) mass is 354 g/mol. The summed E-state index contributed by atoms with van der Waals surface area (Å²) >= 11 is 5.91. The summed E-state index contributed by atoms with van der Waals surface area (Å²) in [6, 6.07) is 15.4. The molecule has 0 spiro atoms. The van der Waals surface area contributed by atoms with E-state index in [1.807, 2.05) is 6.92 Å². The van der Waals surface area contributed by atoms with Crippen LogP contribution >= 0.6 is 11.6 Å². The zero-order valence-corrected chi connectivity index (χ0v) is 15.2. The summed E-state index contributed by atoms with van der Waals surface area (Å²) in [4.78, 5) is 12.1. The number of amides is 1. The summed E-state index contributed by atoms with van der Waals surface area (Å²) < 4.78 is 0. The molecule has 0 heterocycles. The number of carbonyl (C=O) groups excluding carboxylic acids is 1. The number of benzene rings is 2. The fourth-order valence-electron chi connectivity index (χ4n) is 3.33. The molecule has 1 N–H and O–H groups in total. The average Bonchev–Trinajstić information content (AvgIpc) is 2.66. The lowest BCUT2D eigenvalue weighted by atomic mass is 9.84. The van der Waals surface area contributed by atoms with E-state index in [1.165, 1.54) is 37.7 Å². The summed E-state index contributed by atoms with van der Waals surface area (Å²) in [7, 11) is 0. The van der Waals surface area contributed by atoms with Crippen LogP contribution in [0.4, 0.5) is 0 Å². The van der Waals surface area contributed by atoms with E-state index in [9.17, 15) is 4.79 Å². The molecular weight excluding hydrogens is 332 g/mol. The lowest BCUT2D eigenvalue weighted by Crippen LogP contribution is -2.19. The molecule has 25 heavy (non-hydrogen) atoms. The molecule has 0 atom stereocenters. The van der Waals surface area contributed by atoms with Crippen molar-refractivity contribution < 1.29 is 4.79 Å². The molecule has 2 aromatic carbocycles. The Kier molecular flexibility index (Phi) is 5.87. The molecule has 0 saturated heterocycles. The highest BCUT2D eigenvalue weighted by atomic mass is 35.5. The van der Waals surface area contributed by atoms with Crippen molar-refractivity contribution in [1.82, 2.24) is 5.43 Å². The third kappa shape index (κ3) is 4.70. The number of halogens is 1. The molecule has 1 aliphatic rings. The molecule has 0 radical (unpaired) electrons. The molecule has 2 aromatic rings. The third-order valence-corrected chi connectivity index (χ3v) is 5.05. The van der Waals surface area contributed by atoms with Gasteiger partial charge < -0.3 is 0 Å². The number of nitrogens with one attached hydrogen (secondary N) is 1. The number of nitrogens with zero attached hydrogens (tertiary/aromatic N) is 1. The minimum Gasteiger partial charge on any atom is -0.267 e. The first-order valence-corrected chi connectivity index (χ1v) is 9.22. The Morgan fingerprint density at radius 3 is 2.44 bits per heavy atom. The normalized spacial score (nSPS) is 15.8. The van der Waals surface area contributed by atoms with E-state index in [0.717, 1.165) is 11.3 Å². The molecule has 1 aliphatic carbocycles. The molecule has 0 aromatic heterocycles. The lowest BCUT2D eigenvalue weighted by molar-refractivity contribution is 0.0955. The Bertz CT molecular complexity index is 762. The van der Waals surface area contributed by atoms with Gasteiger partial charge in [-0.3, -0.25) is 4.79 Å². The molecular formula is C21H23ClN2O. The maximum Gasteiger partial charge on any atom is 0.271 e. The van der Waals surface area contributed by atoms with Gasteiger partial charge in [0.25, 0.3) is 5.91 Å². The van der Waals surface area contributed by atoms with E-state index in [2.05, 4.69) is 34.8 Å². The first-order valence-electron chi connectivity index (χ1n) is 8.84. The van der Waals surface area contributed by atoms with E-state index >= 15 is 0 Å². The van der Waals surface area contributed by atoms with Gasteiger partial charge in [0.15, 0.2) is 0 Å². The second kappa shape index (κ2) is 8.30. The molecule has 130 valence electrons. The second-order valence-corrected chi connectivity index (χ2v) is 7.04. The maximum atomic E-state index is 12.1. The zero-order chi connectivity index (χ0) is 17.6. The topological polar surface area (TPSA) is 41.5 Å². The second-order valence-electron chi connectivity index (χ2n) is 6.61. The Balaban J connectivity index is 1.64. The highest BCUT2D eigenvalue weighted by molar-refractivity contribution is 6.30. The van der Waals surface area contributed by atoms with Crippen molar-refractivity contribution in [2.24, 2.45) is 5.10 Å². The Morgan fingerprint density at radius 1 is 1.04 bits per heavy atom. The van der Waals surface area contributed by atoms with Crippen molar-refractivity contribution in [2.45, 2.75) is 44.9 Å². The first kappa shape index (κ1) is 17.7. The van der Waals surface area contributed by atoms with Crippen molar-refractivity contribution >= 4 is 23.2 Å². The number of rotatable bonds is 4. The van der Waals surface area contributed by atoms with Gasteiger partial charge in [-0.25, -0.2) is 5.43 Å². The van der Waals surface area contributed by atoms with E-state index < -0.39 is 0 Å². The van der Waals surface area contributed by atoms with Crippen molar-refractivity contribution in [3.8, 4) is 0 Å². The quantitative estimate of drug-likeness (QED) is 0.568. The minimum atomic E-state index is -0.263. The van der Waals surface area contributed by atoms with Crippen molar-refractivity contribution in [2.75, 3.05) is 0 Å². The molecule has 1 saturated carbocycles. The maximum absolute atomic E-state index is 12.1. The SMILES string of the molecule is CC(=NNC(=O)c1cccc(Cl)c1)c1ccc(C2CCCCC2)cc1. The van der Waals surface area contributed by atoms with E-state index in [1.54, 1.807) is 24.3 Å². The number of hydrazone groups is 1. The highest BCUT2D eigenvalue weighted by Crippen LogP contribution is 2.32. The van der Waals surface area contributed by atoms with Gasteiger partial charge in [0.05, 0.1) is 5.71 Å². The summed E-state index contributed by atoms with van der Waals surface area (Å²) in [6.45, 7) is 1.90. The van der Waals surface area contributed by atoms with Crippen LogP contribution in [0.15, 0.2) is 53.6 Å². The van der Waals surface area contributed by atoms with Crippen LogP contribution in [0.2, 0.25) is 5.02 Å². The van der Waals surface area contributed by atoms with Crippen LogP contribution in [0.5, 0.6) is 0 Å². The van der Waals surface area contributed by atoms with Gasteiger partial charge in [-0.1, -0.05) is 61.2 Å². The Morgan fingerprint density at radius 2 is 1.76 bits per heavy atom. The molecule has 0 unspecified atom stereocenters. The van der Waals surface area contributed by atoms with Crippen LogP contribution in [0.25, 0.3) is 0 Å². The van der Waals surface area contributed by atoms with Crippen LogP contribution < -0.4 is 5.43 Å². The molecule has 0 bridgehead atoms. The van der Waals surface area contributed by atoms with Gasteiger partial charge in [-0.2, -0.15) is 5.10 Å². The predicted octanol–water partition coefficient (Wildman–Crippen LogP) is 5.54. The summed E-state index contributed by atoms with van der Waals surface area (Å²) in [5.74, 6) is 0.434. The van der Waals surface area contributed by atoms with Crippen LogP contribution in [0.1, 0.15) is 66.4 Å². The van der Waals surface area contributed by atoms with Crippen LogP contribution in [-0.4, -0.2) is 11.6 Å². The third-order valence-electron chi connectivity index (χ3n) is 4.82. The lowest BCUT2D eigenvalue weighted by Gasteiger charge is -2.22. The van der Waals surface area contributed by atoms with Gasteiger partial charge in [-0.15, -0.1) is 0 Å². The average molecular weight is 355 g/mol. The number of hydrogen-bond acceptors (Lipinski definition) is 2. The van der Waals surface area contributed by atoms with Gasteiger partial charge in [0.2, 0.25) is 0 Å². The number of hydrogen-bond donors (Lipinski definition) is 1. The molecule has 4 heteroatoms. The first-order chi connectivity index (χ1) is 12.1. The number of carbonyl (C=O) groups is 1. The van der Waals surface area contributed by atoms with Crippen molar-refractivity contribution in [3.63, 3.8) is 0 Å². The Labute approximate surface area is 154 Å². The zero-order valence-electron chi connectivity index (χ0n) is 14.5. The summed E-state index contributed by atoms with van der Waals surface area (Å²) in [6.07, 6.45) is 6.63. The van der Waals surface area contributed by atoms with Gasteiger partial charge in [0.1, 0.15) is 0 Å². The predicted molar refractivity (Wildman–Crippen MR) is 103 cm³/mol. The van der Waals surface area contributed by atoms with Crippen LogP contribution in [0.3, 0.4) is 0 Å².